The molecular formula is C17H26N2. The average molecular weight is 258 g/mol. The lowest BCUT2D eigenvalue weighted by molar-refractivity contribution is 0.627. The molecule has 0 fully saturated rings. The molecule has 0 radical (unpaired) electrons. The van der Waals surface area contributed by atoms with Gasteiger partial charge in [-0.2, -0.15) is 0 Å². The Hall–Kier alpha value is -1.30. The molecule has 0 bridgehead atoms. The highest BCUT2D eigenvalue weighted by Gasteiger charge is 2.01. The van der Waals surface area contributed by atoms with Crippen LogP contribution in [0.3, 0.4) is 0 Å². The topological polar surface area (TPSA) is 52.0 Å². The molecule has 0 amide bonds. The second-order valence-corrected chi connectivity index (χ2v) is 4.90. The van der Waals surface area contributed by atoms with Crippen molar-refractivity contribution in [2.75, 3.05) is 13.1 Å². The van der Waals surface area contributed by atoms with E-state index in [9.17, 15) is 0 Å². The number of hydrogen-bond donors (Lipinski definition) is 2. The Kier molecular flexibility index (Phi) is 7.25. The molecule has 0 aromatic heterocycles. The van der Waals surface area contributed by atoms with Gasteiger partial charge in [-0.1, -0.05) is 31.8 Å². The third-order valence-electron chi connectivity index (χ3n) is 3.32. The summed E-state index contributed by atoms with van der Waals surface area (Å²) in [6, 6.07) is 6.51. The Morgan fingerprint density at radius 1 is 0.947 bits per heavy atom. The van der Waals surface area contributed by atoms with Crippen LogP contribution in [0, 0.1) is 17.8 Å². The maximum absolute atomic E-state index is 5.64. The minimum absolute atomic E-state index is 0.496. The van der Waals surface area contributed by atoms with Crippen LogP contribution in [-0.4, -0.2) is 13.1 Å². The van der Waals surface area contributed by atoms with E-state index in [4.69, 9.17) is 11.5 Å². The first-order valence-electron chi connectivity index (χ1n) is 7.28. The fourth-order valence-electron chi connectivity index (χ4n) is 2.13. The molecule has 0 spiro atoms. The Morgan fingerprint density at radius 3 is 1.89 bits per heavy atom. The molecule has 0 saturated carbocycles. The molecule has 0 aliphatic heterocycles. The van der Waals surface area contributed by atoms with Gasteiger partial charge in [0.15, 0.2) is 0 Å². The Bertz CT molecular complexity index is 412. The molecule has 0 unspecified atom stereocenters. The first-order chi connectivity index (χ1) is 9.23. The van der Waals surface area contributed by atoms with Gasteiger partial charge in [0.1, 0.15) is 0 Å². The van der Waals surface area contributed by atoms with Gasteiger partial charge in [-0.25, -0.2) is 0 Å². The van der Waals surface area contributed by atoms with E-state index in [1.165, 1.54) is 11.1 Å². The van der Waals surface area contributed by atoms with Gasteiger partial charge in [-0.3, -0.25) is 0 Å². The van der Waals surface area contributed by atoms with Gasteiger partial charge < -0.3 is 11.5 Å². The van der Waals surface area contributed by atoms with Crippen molar-refractivity contribution in [2.45, 2.75) is 39.5 Å². The monoisotopic (exact) mass is 258 g/mol. The van der Waals surface area contributed by atoms with Gasteiger partial charge in [0.2, 0.25) is 0 Å². The van der Waals surface area contributed by atoms with Crippen LogP contribution in [0.25, 0.3) is 0 Å². The Balaban J connectivity index is 2.97. The quantitative estimate of drug-likeness (QED) is 0.770. The van der Waals surface area contributed by atoms with Crippen LogP contribution < -0.4 is 11.5 Å². The summed E-state index contributed by atoms with van der Waals surface area (Å²) >= 11 is 0. The van der Waals surface area contributed by atoms with Crippen LogP contribution in [0.15, 0.2) is 18.2 Å². The third-order valence-corrected chi connectivity index (χ3v) is 3.32. The highest BCUT2D eigenvalue weighted by molar-refractivity contribution is 5.41. The second kappa shape index (κ2) is 8.74. The molecule has 1 rings (SSSR count). The maximum atomic E-state index is 5.64. The molecule has 0 atom stereocenters. The number of benzene rings is 1. The smallest absolute Gasteiger partial charge is 0.0250 e. The van der Waals surface area contributed by atoms with Crippen LogP contribution in [0.4, 0.5) is 0 Å². The van der Waals surface area contributed by atoms with E-state index < -0.39 is 0 Å². The first-order valence-corrected chi connectivity index (χ1v) is 7.28. The van der Waals surface area contributed by atoms with Gasteiger partial charge in [0.25, 0.3) is 0 Å². The van der Waals surface area contributed by atoms with Crippen molar-refractivity contribution < 1.29 is 0 Å². The molecule has 0 saturated heterocycles. The predicted molar refractivity (Wildman–Crippen MR) is 82.9 cm³/mol. The zero-order chi connectivity index (χ0) is 14.1. The van der Waals surface area contributed by atoms with Gasteiger partial charge in [-0.05, 0) is 62.0 Å². The van der Waals surface area contributed by atoms with E-state index in [0.717, 1.165) is 31.2 Å². The summed E-state index contributed by atoms with van der Waals surface area (Å²) in [4.78, 5) is 0. The molecule has 0 heterocycles. The summed E-state index contributed by atoms with van der Waals surface area (Å²) in [7, 11) is 0. The lowest BCUT2D eigenvalue weighted by Gasteiger charge is -2.06. The Labute approximate surface area is 117 Å². The maximum Gasteiger partial charge on any atom is 0.0250 e. The van der Waals surface area contributed by atoms with Crippen LogP contribution in [-0.2, 0) is 12.8 Å². The number of nitrogens with two attached hydrogens (primary N) is 2. The van der Waals surface area contributed by atoms with Crippen molar-refractivity contribution in [2.24, 2.45) is 17.4 Å². The van der Waals surface area contributed by atoms with Crippen molar-refractivity contribution in [3.05, 3.63) is 34.9 Å². The summed E-state index contributed by atoms with van der Waals surface area (Å²) in [5.41, 5.74) is 14.9. The van der Waals surface area contributed by atoms with Crippen LogP contribution in [0.2, 0.25) is 0 Å². The zero-order valence-corrected chi connectivity index (χ0v) is 12.2. The van der Waals surface area contributed by atoms with Crippen LogP contribution in [0.5, 0.6) is 0 Å². The van der Waals surface area contributed by atoms with Crippen LogP contribution in [0.1, 0.15) is 43.4 Å². The van der Waals surface area contributed by atoms with Crippen molar-refractivity contribution in [1.29, 1.82) is 0 Å². The van der Waals surface area contributed by atoms with E-state index in [2.05, 4.69) is 43.9 Å². The fourth-order valence-corrected chi connectivity index (χ4v) is 2.13. The summed E-state index contributed by atoms with van der Waals surface area (Å²) < 4.78 is 0. The molecule has 0 aliphatic rings. The molecule has 2 nitrogen and oxygen atoms in total. The predicted octanol–water partition coefficient (Wildman–Crippen LogP) is 2.48. The van der Waals surface area contributed by atoms with E-state index >= 15 is 0 Å². The van der Waals surface area contributed by atoms with E-state index in [-0.39, 0.29) is 0 Å². The normalized spacial score (nSPS) is 10.4. The fraction of sp³-hybridized carbons (Fsp3) is 0.529. The standard InChI is InChI=1S/C17H26N2/c1-3-14(4-2)5-6-15-11-16(7-9-18)13-17(12-15)8-10-19/h11-14H,3-4,7-10,18-19H2,1-2H3. The minimum atomic E-state index is 0.496. The summed E-state index contributed by atoms with van der Waals surface area (Å²) in [6.45, 7) is 5.72. The SMILES string of the molecule is CCC(C#Cc1cc(CCN)cc(CCN)c1)CC. The molecule has 1 aromatic rings. The van der Waals surface area contributed by atoms with Crippen molar-refractivity contribution in [1.82, 2.24) is 0 Å². The van der Waals surface area contributed by atoms with Crippen molar-refractivity contribution in [3.8, 4) is 11.8 Å². The highest BCUT2D eigenvalue weighted by atomic mass is 14.5. The molecule has 4 N–H and O–H groups in total. The minimum Gasteiger partial charge on any atom is -0.330 e. The highest BCUT2D eigenvalue weighted by Crippen LogP contribution is 2.12. The van der Waals surface area contributed by atoms with Gasteiger partial charge in [0.05, 0.1) is 0 Å². The average Bonchev–Trinajstić information content (AvgIpc) is 2.40. The van der Waals surface area contributed by atoms with Gasteiger partial charge >= 0.3 is 0 Å². The van der Waals surface area contributed by atoms with Crippen molar-refractivity contribution in [3.63, 3.8) is 0 Å². The summed E-state index contributed by atoms with van der Waals surface area (Å²) in [5, 5.41) is 0. The van der Waals surface area contributed by atoms with Crippen LogP contribution >= 0.6 is 0 Å². The van der Waals surface area contributed by atoms with E-state index in [1.807, 2.05) is 0 Å². The van der Waals surface area contributed by atoms with Crippen molar-refractivity contribution >= 4 is 0 Å². The van der Waals surface area contributed by atoms with Gasteiger partial charge in [0, 0.05) is 11.5 Å². The Morgan fingerprint density at radius 2 is 1.47 bits per heavy atom. The molecular weight excluding hydrogens is 232 g/mol. The zero-order valence-electron chi connectivity index (χ0n) is 12.2. The summed E-state index contributed by atoms with van der Waals surface area (Å²) in [5.74, 6) is 7.17. The third kappa shape index (κ3) is 5.46. The largest absolute Gasteiger partial charge is 0.330 e. The molecule has 1 aromatic carbocycles. The molecule has 2 heteroatoms. The lowest BCUT2D eigenvalue weighted by atomic mass is 10.00. The second-order valence-electron chi connectivity index (χ2n) is 4.90. The van der Waals surface area contributed by atoms with E-state index in [1.54, 1.807) is 0 Å². The van der Waals surface area contributed by atoms with Gasteiger partial charge in [-0.15, -0.1) is 0 Å². The lowest BCUT2D eigenvalue weighted by Crippen LogP contribution is -2.06. The molecule has 19 heavy (non-hydrogen) atoms. The summed E-state index contributed by atoms with van der Waals surface area (Å²) in [6.07, 6.45) is 4.03. The number of rotatable bonds is 6. The molecule has 104 valence electrons. The van der Waals surface area contributed by atoms with E-state index in [0.29, 0.717) is 19.0 Å². The first kappa shape index (κ1) is 15.8. The molecule has 0 aliphatic carbocycles. The number of hydrogen-bond acceptors (Lipinski definition) is 2.